The van der Waals surface area contributed by atoms with Crippen LogP contribution in [0.2, 0.25) is 0 Å². The van der Waals surface area contributed by atoms with E-state index in [0.29, 0.717) is 44.5 Å². The Morgan fingerprint density at radius 1 is 0.393 bits per heavy atom. The smallest absolute Gasteiger partial charge is 0.333 e. The lowest BCUT2D eigenvalue weighted by Gasteiger charge is -2.28. The Balaban J connectivity index is 1.15. The standard InChI is InChI=1S/C66H64O18/c1-37(2)63(73)77-33-47(34-78-64(74)38(3)4)83-59(69)29-27-57(67)81-45-23-19-43(20-24-45)41(9)53-31-55(49-15-11-13-17-51(49)61(53)71)56-32-54(62(72)52-18-14-12-16-50(52)56)42(10)44-21-25-46(26-22-44)82-58(68)28-30-60(70)84-48(35-79-65(75)39(5)6)36-80-66(76)40(7)8/h11-26,31-32,41-42,47-48H,1,3,5,7,27-30,33-36H2,2,4,6,8-10H3/b56-55+. The van der Waals surface area contributed by atoms with E-state index in [-0.39, 0.29) is 58.2 Å². The molecule has 2 aliphatic rings. The van der Waals surface area contributed by atoms with Crippen molar-refractivity contribution >= 4 is 70.5 Å². The molecule has 0 saturated heterocycles. The minimum absolute atomic E-state index is 0.106. The maximum atomic E-state index is 14.4. The molecular weight excluding hydrogens is 1080 g/mol. The predicted octanol–water partition coefficient (Wildman–Crippen LogP) is 10.1. The van der Waals surface area contributed by atoms with E-state index in [2.05, 4.69) is 26.3 Å². The van der Waals surface area contributed by atoms with Crippen LogP contribution >= 0.6 is 0 Å². The molecule has 0 heterocycles. The molecule has 0 aliphatic heterocycles. The molecule has 4 aromatic carbocycles. The molecule has 84 heavy (non-hydrogen) atoms. The van der Waals surface area contributed by atoms with E-state index < -0.39 is 111 Å². The first-order chi connectivity index (χ1) is 39.9. The number of rotatable bonds is 26. The van der Waals surface area contributed by atoms with Crippen LogP contribution in [0, 0.1) is 0 Å². The summed E-state index contributed by atoms with van der Waals surface area (Å²) in [6.45, 7) is 21.8. The van der Waals surface area contributed by atoms with Crippen LogP contribution in [0.4, 0.5) is 0 Å². The van der Waals surface area contributed by atoms with Crippen molar-refractivity contribution in [1.82, 2.24) is 0 Å². The van der Waals surface area contributed by atoms with Gasteiger partial charge in [-0.3, -0.25) is 28.8 Å². The van der Waals surface area contributed by atoms with Gasteiger partial charge in [0.15, 0.2) is 23.8 Å². The van der Waals surface area contributed by atoms with Crippen molar-refractivity contribution in [2.75, 3.05) is 26.4 Å². The van der Waals surface area contributed by atoms with E-state index in [1.165, 1.54) is 27.7 Å². The fourth-order valence-corrected chi connectivity index (χ4v) is 8.50. The van der Waals surface area contributed by atoms with Crippen LogP contribution in [0.25, 0.3) is 11.1 Å². The molecule has 0 spiro atoms. The molecule has 0 radical (unpaired) electrons. The monoisotopic (exact) mass is 1140 g/mol. The highest BCUT2D eigenvalue weighted by Gasteiger charge is 2.33. The maximum Gasteiger partial charge on any atom is 0.333 e. The number of fused-ring (bicyclic) bond motifs is 2. The second kappa shape index (κ2) is 29.2. The molecule has 4 aromatic rings. The molecule has 18 heteroatoms. The SMILES string of the molecule is C=C(C)C(=O)OCC(COC(=O)C(=C)C)OC(=O)CCC(=O)Oc1ccc(C(C)C2=C/C(=C3/C=C(C(C)c4ccc(OC(=O)CCC(=O)OC(COC(=O)C(=C)C)COC(=O)C(=C)C)cc4)C(=O)c4ccccc43)c3ccccc3C2=O)cc1. The Labute approximate surface area is 486 Å². The Hall–Kier alpha value is -9.84. The molecule has 0 fully saturated rings. The van der Waals surface area contributed by atoms with E-state index in [4.69, 9.17) is 37.9 Å². The number of hydrogen-bond donors (Lipinski definition) is 0. The average Bonchev–Trinajstić information content (AvgIpc) is 2.78. The first-order valence-electron chi connectivity index (χ1n) is 26.7. The van der Waals surface area contributed by atoms with Gasteiger partial charge in [0.1, 0.15) is 37.9 Å². The van der Waals surface area contributed by atoms with Gasteiger partial charge in [0.25, 0.3) is 0 Å². The van der Waals surface area contributed by atoms with Crippen molar-refractivity contribution in [3.05, 3.63) is 202 Å². The van der Waals surface area contributed by atoms with Gasteiger partial charge < -0.3 is 37.9 Å². The van der Waals surface area contributed by atoms with Crippen molar-refractivity contribution in [2.24, 2.45) is 0 Å². The molecule has 0 bridgehead atoms. The fourth-order valence-electron chi connectivity index (χ4n) is 8.50. The lowest BCUT2D eigenvalue weighted by molar-refractivity contribution is -0.165. The lowest BCUT2D eigenvalue weighted by Crippen LogP contribution is -2.31. The summed E-state index contributed by atoms with van der Waals surface area (Å²) < 4.78 is 42.0. The zero-order chi connectivity index (χ0) is 61.4. The minimum atomic E-state index is -1.17. The van der Waals surface area contributed by atoms with E-state index >= 15 is 0 Å². The third-order valence-corrected chi connectivity index (χ3v) is 13.2. The van der Waals surface area contributed by atoms with Crippen molar-refractivity contribution in [1.29, 1.82) is 0 Å². The lowest BCUT2D eigenvalue weighted by atomic mass is 9.74. The van der Waals surface area contributed by atoms with Crippen molar-refractivity contribution < 1.29 is 85.8 Å². The van der Waals surface area contributed by atoms with Gasteiger partial charge in [0, 0.05) is 56.4 Å². The first kappa shape index (κ1) is 63.3. The highest BCUT2D eigenvalue weighted by molar-refractivity contribution is 6.24. The van der Waals surface area contributed by atoms with Crippen LogP contribution in [-0.4, -0.2) is 98.0 Å². The van der Waals surface area contributed by atoms with Crippen LogP contribution < -0.4 is 9.47 Å². The van der Waals surface area contributed by atoms with E-state index in [9.17, 15) is 47.9 Å². The second-order valence-corrected chi connectivity index (χ2v) is 20.0. The summed E-state index contributed by atoms with van der Waals surface area (Å²) in [5.41, 5.74) is 6.50. The molecule has 2 aliphatic carbocycles. The molecule has 0 amide bonds. The summed E-state index contributed by atoms with van der Waals surface area (Å²) in [4.78, 5) is 128. The number of ether oxygens (including phenoxy) is 8. The molecule has 0 aromatic heterocycles. The van der Waals surface area contributed by atoms with Gasteiger partial charge in [-0.2, -0.15) is 0 Å². The van der Waals surface area contributed by atoms with Crippen LogP contribution in [0.15, 0.2) is 169 Å². The quantitative estimate of drug-likeness (QED) is 0.0245. The summed E-state index contributed by atoms with van der Waals surface area (Å²) in [5, 5.41) is 0. The summed E-state index contributed by atoms with van der Waals surface area (Å²) in [6.07, 6.45) is -0.190. The molecular formula is C66H64O18. The van der Waals surface area contributed by atoms with Crippen molar-refractivity contribution in [3.63, 3.8) is 0 Å². The number of carbonyl (C=O) groups is 10. The topological polar surface area (TPSA) is 245 Å². The Morgan fingerprint density at radius 3 is 0.952 bits per heavy atom. The molecule has 2 unspecified atom stereocenters. The first-order valence-corrected chi connectivity index (χ1v) is 26.7. The van der Waals surface area contributed by atoms with E-state index in [0.717, 1.165) is 11.1 Å². The molecule has 0 N–H and O–H groups in total. The predicted molar refractivity (Wildman–Crippen MR) is 307 cm³/mol. The number of benzene rings is 4. The van der Waals surface area contributed by atoms with Crippen LogP contribution in [0.5, 0.6) is 11.5 Å². The van der Waals surface area contributed by atoms with Gasteiger partial charge in [0.2, 0.25) is 0 Å². The number of ketones is 2. The van der Waals surface area contributed by atoms with E-state index in [1.807, 2.05) is 50.3 Å². The molecule has 436 valence electrons. The number of hydrogen-bond acceptors (Lipinski definition) is 18. The summed E-state index contributed by atoms with van der Waals surface area (Å²) >= 11 is 0. The maximum absolute atomic E-state index is 14.4. The average molecular weight is 1150 g/mol. The third kappa shape index (κ3) is 17.1. The van der Waals surface area contributed by atoms with Gasteiger partial charge in [0.05, 0.1) is 25.7 Å². The summed E-state index contributed by atoms with van der Waals surface area (Å²) in [7, 11) is 0. The zero-order valence-electron chi connectivity index (χ0n) is 47.5. The Bertz CT molecular complexity index is 3140. The van der Waals surface area contributed by atoms with Gasteiger partial charge in [-0.15, -0.1) is 0 Å². The van der Waals surface area contributed by atoms with Crippen LogP contribution in [-0.2, 0) is 66.8 Å². The Kier molecular flexibility index (Phi) is 22.0. The number of allylic oxidation sites excluding steroid dienone is 6. The minimum Gasteiger partial charge on any atom is -0.458 e. The summed E-state index contributed by atoms with van der Waals surface area (Å²) in [5.74, 6) is -7.13. The van der Waals surface area contributed by atoms with E-state index in [1.54, 1.807) is 72.8 Å². The number of esters is 8. The molecule has 6 rings (SSSR count). The summed E-state index contributed by atoms with van der Waals surface area (Å²) in [6, 6.07) is 27.7. The highest BCUT2D eigenvalue weighted by Crippen LogP contribution is 2.44. The van der Waals surface area contributed by atoms with Crippen molar-refractivity contribution in [3.8, 4) is 11.5 Å². The molecule has 0 saturated carbocycles. The molecule has 2 atom stereocenters. The Morgan fingerprint density at radius 2 is 0.667 bits per heavy atom. The molecule has 18 nitrogen and oxygen atoms in total. The largest absolute Gasteiger partial charge is 0.458 e. The zero-order valence-corrected chi connectivity index (χ0v) is 47.5. The highest BCUT2D eigenvalue weighted by atomic mass is 16.6. The van der Waals surface area contributed by atoms with Gasteiger partial charge in [-0.1, -0.05) is 113 Å². The number of carbonyl (C=O) groups excluding carboxylic acids is 10. The normalized spacial score (nSPS) is 14.0. The van der Waals surface area contributed by atoms with Gasteiger partial charge >= 0.3 is 47.8 Å². The van der Waals surface area contributed by atoms with Crippen LogP contribution in [0.1, 0.15) is 122 Å². The second-order valence-electron chi connectivity index (χ2n) is 20.0. The number of Topliss-reactive ketones (excluding diaryl/α,β-unsaturated/α-hetero) is 2. The van der Waals surface area contributed by atoms with Crippen LogP contribution in [0.3, 0.4) is 0 Å². The van der Waals surface area contributed by atoms with Gasteiger partial charge in [-0.25, -0.2) is 19.2 Å². The van der Waals surface area contributed by atoms with Gasteiger partial charge in [-0.05, 0) is 97.5 Å². The van der Waals surface area contributed by atoms with Crippen molar-refractivity contribution in [2.45, 2.75) is 91.3 Å². The fraction of sp³-hybridized carbons (Fsp3) is 0.273. The third-order valence-electron chi connectivity index (χ3n) is 13.2.